The highest BCUT2D eigenvalue weighted by Crippen LogP contribution is 2.43. The molecule has 0 spiro atoms. The summed E-state index contributed by atoms with van der Waals surface area (Å²) in [5, 5.41) is 2.04. The first kappa shape index (κ1) is 20.1. The maximum absolute atomic E-state index is 14.8. The average molecular weight is 410 g/mol. The molecule has 4 aromatic rings. The number of benzene rings is 4. The van der Waals surface area contributed by atoms with Gasteiger partial charge in [-0.2, -0.15) is 0 Å². The molecule has 2 nitrogen and oxygen atoms in total. The van der Waals surface area contributed by atoms with Crippen LogP contribution in [0.25, 0.3) is 0 Å². The summed E-state index contributed by atoms with van der Waals surface area (Å²) in [6, 6.07) is 36.0. The fraction of sp³-hybridized carbons (Fsp3) is 0.0741. The molecule has 0 heterocycles. The summed E-state index contributed by atoms with van der Waals surface area (Å²) in [5.74, 6) is -0.351. The first-order chi connectivity index (χ1) is 14.6. The first-order valence-corrected chi connectivity index (χ1v) is 11.7. The molecular weight excluding hydrogens is 387 g/mol. The predicted molar refractivity (Wildman–Crippen MR) is 125 cm³/mol. The Morgan fingerprint density at radius 2 is 1.07 bits per heavy atom. The lowest BCUT2D eigenvalue weighted by Gasteiger charge is -2.23. The predicted octanol–water partition coefficient (Wildman–Crippen LogP) is 5.31. The van der Waals surface area contributed by atoms with Gasteiger partial charge in [-0.15, -0.1) is 0 Å². The van der Waals surface area contributed by atoms with Crippen LogP contribution in [0.2, 0.25) is 0 Å². The van der Waals surface area contributed by atoms with Crippen molar-refractivity contribution in [2.75, 3.05) is 0 Å². The molecule has 0 bridgehead atoms. The van der Waals surface area contributed by atoms with Crippen LogP contribution in [0.3, 0.4) is 0 Å². The van der Waals surface area contributed by atoms with E-state index in [0.717, 1.165) is 16.2 Å². The standard InChI is InChI=1S/C27H23O2P/c1-21(22-13-5-2-6-14-22)27(28)25-19-11-12-20-26(25)30(29,23-15-7-3-8-16-23)24-17-9-4-10-18-24/h2-21H,1H3. The maximum atomic E-state index is 14.8. The van der Waals surface area contributed by atoms with Crippen LogP contribution in [0.5, 0.6) is 0 Å². The van der Waals surface area contributed by atoms with Gasteiger partial charge in [0.25, 0.3) is 0 Å². The Balaban J connectivity index is 1.90. The number of hydrogen-bond donors (Lipinski definition) is 0. The summed E-state index contributed by atoms with van der Waals surface area (Å²) in [6.07, 6.45) is 0. The zero-order chi connectivity index (χ0) is 21.0. The Labute approximate surface area is 177 Å². The van der Waals surface area contributed by atoms with E-state index in [-0.39, 0.29) is 11.7 Å². The van der Waals surface area contributed by atoms with Gasteiger partial charge in [0.2, 0.25) is 0 Å². The van der Waals surface area contributed by atoms with Crippen molar-refractivity contribution in [3.63, 3.8) is 0 Å². The number of hydrogen-bond acceptors (Lipinski definition) is 2. The number of carbonyl (C=O) groups is 1. The molecule has 0 amide bonds. The van der Waals surface area contributed by atoms with Crippen LogP contribution < -0.4 is 15.9 Å². The molecule has 0 aromatic heterocycles. The van der Waals surface area contributed by atoms with Crippen LogP contribution in [0.4, 0.5) is 0 Å². The lowest BCUT2D eigenvalue weighted by Crippen LogP contribution is -2.29. The van der Waals surface area contributed by atoms with Gasteiger partial charge in [-0.1, -0.05) is 122 Å². The monoisotopic (exact) mass is 410 g/mol. The van der Waals surface area contributed by atoms with Crippen molar-refractivity contribution in [3.8, 4) is 0 Å². The highest BCUT2D eigenvalue weighted by atomic mass is 31.2. The lowest BCUT2D eigenvalue weighted by molar-refractivity contribution is 0.0967. The van der Waals surface area contributed by atoms with Crippen molar-refractivity contribution >= 4 is 28.8 Å². The van der Waals surface area contributed by atoms with Gasteiger partial charge < -0.3 is 4.57 Å². The third kappa shape index (κ3) is 3.67. The maximum Gasteiger partial charge on any atom is 0.171 e. The Kier molecular flexibility index (Phi) is 5.79. The Morgan fingerprint density at radius 3 is 1.60 bits per heavy atom. The molecule has 0 N–H and O–H groups in total. The van der Waals surface area contributed by atoms with E-state index in [4.69, 9.17) is 0 Å². The van der Waals surface area contributed by atoms with Gasteiger partial charge >= 0.3 is 0 Å². The molecule has 1 atom stereocenters. The normalized spacial score (nSPS) is 12.3. The molecule has 0 aliphatic heterocycles. The smallest absolute Gasteiger partial charge is 0.171 e. The highest BCUT2D eigenvalue weighted by molar-refractivity contribution is 7.85. The van der Waals surface area contributed by atoms with Crippen molar-refractivity contribution in [1.82, 2.24) is 0 Å². The van der Waals surface area contributed by atoms with E-state index in [2.05, 4.69) is 0 Å². The van der Waals surface area contributed by atoms with Crippen LogP contribution in [-0.2, 0) is 4.57 Å². The number of ketones is 1. The van der Waals surface area contributed by atoms with E-state index in [9.17, 15) is 9.36 Å². The van der Waals surface area contributed by atoms with E-state index in [1.165, 1.54) is 0 Å². The van der Waals surface area contributed by atoms with Crippen molar-refractivity contribution < 1.29 is 9.36 Å². The molecule has 3 heteroatoms. The molecule has 30 heavy (non-hydrogen) atoms. The second-order valence-electron chi connectivity index (χ2n) is 7.29. The fourth-order valence-corrected chi connectivity index (χ4v) is 6.64. The molecular formula is C27H23O2P. The van der Waals surface area contributed by atoms with Gasteiger partial charge in [0, 0.05) is 27.4 Å². The summed E-state index contributed by atoms with van der Waals surface area (Å²) >= 11 is 0. The van der Waals surface area contributed by atoms with Crippen molar-refractivity contribution in [2.24, 2.45) is 0 Å². The zero-order valence-electron chi connectivity index (χ0n) is 16.8. The second-order valence-corrected chi connectivity index (χ2v) is 10.0. The summed E-state index contributed by atoms with van der Waals surface area (Å²) in [5.41, 5.74) is 1.47. The van der Waals surface area contributed by atoms with Gasteiger partial charge in [0.05, 0.1) is 0 Å². The summed E-state index contributed by atoms with van der Waals surface area (Å²) in [4.78, 5) is 13.6. The molecule has 4 rings (SSSR count). The third-order valence-electron chi connectivity index (χ3n) is 5.44. The number of rotatable bonds is 6. The average Bonchev–Trinajstić information content (AvgIpc) is 2.84. The van der Waals surface area contributed by atoms with Gasteiger partial charge in [0.15, 0.2) is 12.9 Å². The lowest BCUT2D eigenvalue weighted by atomic mass is 9.92. The van der Waals surface area contributed by atoms with Crippen molar-refractivity contribution in [2.45, 2.75) is 12.8 Å². The van der Waals surface area contributed by atoms with E-state index in [1.807, 2.05) is 116 Å². The molecule has 0 saturated heterocycles. The van der Waals surface area contributed by atoms with Gasteiger partial charge in [0.1, 0.15) is 0 Å². The zero-order valence-corrected chi connectivity index (χ0v) is 17.7. The van der Waals surface area contributed by atoms with E-state index < -0.39 is 7.14 Å². The molecule has 0 aliphatic carbocycles. The topological polar surface area (TPSA) is 34.1 Å². The number of carbonyl (C=O) groups excluding carboxylic acids is 1. The van der Waals surface area contributed by atoms with Gasteiger partial charge in [-0.05, 0) is 5.56 Å². The van der Waals surface area contributed by atoms with Crippen LogP contribution in [0.15, 0.2) is 115 Å². The third-order valence-corrected chi connectivity index (χ3v) is 8.56. The van der Waals surface area contributed by atoms with Gasteiger partial charge in [-0.25, -0.2) is 0 Å². The molecule has 0 aliphatic rings. The molecule has 1 unspecified atom stereocenters. The minimum absolute atomic E-state index is 0.0242. The van der Waals surface area contributed by atoms with Crippen LogP contribution >= 0.6 is 7.14 Å². The van der Waals surface area contributed by atoms with Crippen molar-refractivity contribution in [1.29, 1.82) is 0 Å². The minimum atomic E-state index is -3.22. The van der Waals surface area contributed by atoms with E-state index in [0.29, 0.717) is 10.9 Å². The Morgan fingerprint density at radius 1 is 0.633 bits per heavy atom. The molecule has 0 radical (unpaired) electrons. The first-order valence-electron chi connectivity index (χ1n) is 10.0. The van der Waals surface area contributed by atoms with E-state index in [1.54, 1.807) is 6.07 Å². The summed E-state index contributed by atoms with van der Waals surface area (Å²) < 4.78 is 14.8. The van der Waals surface area contributed by atoms with Crippen LogP contribution in [0.1, 0.15) is 28.8 Å². The minimum Gasteiger partial charge on any atom is -0.309 e. The van der Waals surface area contributed by atoms with Gasteiger partial charge in [-0.3, -0.25) is 4.79 Å². The van der Waals surface area contributed by atoms with Crippen molar-refractivity contribution in [3.05, 3.63) is 126 Å². The van der Waals surface area contributed by atoms with E-state index >= 15 is 0 Å². The SMILES string of the molecule is CC(C(=O)c1ccccc1P(=O)(c1ccccc1)c1ccccc1)c1ccccc1. The van der Waals surface area contributed by atoms with Crippen LogP contribution in [-0.4, -0.2) is 5.78 Å². The Hall–Kier alpha value is -3.22. The largest absolute Gasteiger partial charge is 0.309 e. The second kappa shape index (κ2) is 8.65. The number of Topliss-reactive ketones (excluding diaryl/α,β-unsaturated/α-hetero) is 1. The fourth-order valence-electron chi connectivity index (χ4n) is 3.79. The Bertz CT molecular complexity index is 1140. The van der Waals surface area contributed by atoms with Crippen LogP contribution in [0, 0.1) is 0 Å². The quantitative estimate of drug-likeness (QED) is 0.319. The molecule has 4 aromatic carbocycles. The molecule has 0 fully saturated rings. The highest BCUT2D eigenvalue weighted by Gasteiger charge is 2.34. The summed E-state index contributed by atoms with van der Waals surface area (Å²) in [7, 11) is -3.22. The molecule has 0 saturated carbocycles. The molecule has 148 valence electrons. The summed E-state index contributed by atoms with van der Waals surface area (Å²) in [6.45, 7) is 1.91.